The third-order valence-electron chi connectivity index (χ3n) is 4.10. The Balaban J connectivity index is 1.99. The average molecular weight is 343 g/mol. The Morgan fingerprint density at radius 3 is 2.64 bits per heavy atom. The number of aryl methyl sites for hydroxylation is 2. The lowest BCUT2D eigenvalue weighted by atomic mass is 9.99. The summed E-state index contributed by atoms with van der Waals surface area (Å²) in [5.41, 5.74) is 3.63. The number of fused-ring (bicyclic) bond motifs is 1. The third kappa shape index (κ3) is 4.61. The highest BCUT2D eigenvalue weighted by Gasteiger charge is 2.22. The Morgan fingerprint density at radius 1 is 1.23 bits per heavy atom. The van der Waals surface area contributed by atoms with Crippen molar-refractivity contribution in [3.8, 4) is 0 Å². The van der Waals surface area contributed by atoms with Crippen molar-refractivity contribution in [1.82, 2.24) is 4.90 Å². The summed E-state index contributed by atoms with van der Waals surface area (Å²) in [6.45, 7) is 5.18. The molecule has 5 heteroatoms. The molecule has 0 N–H and O–H groups in total. The molecule has 1 amide bonds. The van der Waals surface area contributed by atoms with Crippen molar-refractivity contribution in [3.05, 3.63) is 29.3 Å². The molecule has 1 heterocycles. The Labute approximate surface area is 143 Å². The number of halogens is 2. The predicted molar refractivity (Wildman–Crippen MR) is 94.4 cm³/mol. The van der Waals surface area contributed by atoms with Gasteiger partial charge in [-0.1, -0.05) is 17.7 Å². The summed E-state index contributed by atoms with van der Waals surface area (Å²) in [5, 5.41) is 0. The second kappa shape index (κ2) is 8.76. The van der Waals surface area contributed by atoms with Gasteiger partial charge in [0.25, 0.3) is 0 Å². The van der Waals surface area contributed by atoms with Gasteiger partial charge in [-0.15, -0.1) is 23.2 Å². The molecule has 1 aliphatic heterocycles. The van der Waals surface area contributed by atoms with Gasteiger partial charge in [-0.25, -0.2) is 0 Å². The summed E-state index contributed by atoms with van der Waals surface area (Å²) in [7, 11) is 0. The van der Waals surface area contributed by atoms with Gasteiger partial charge in [0.05, 0.1) is 0 Å². The van der Waals surface area contributed by atoms with Gasteiger partial charge in [0.2, 0.25) is 5.91 Å². The van der Waals surface area contributed by atoms with E-state index in [-0.39, 0.29) is 5.91 Å². The van der Waals surface area contributed by atoms with E-state index in [1.807, 2.05) is 4.90 Å². The number of amides is 1. The molecule has 2 rings (SSSR count). The highest BCUT2D eigenvalue weighted by molar-refractivity contribution is 6.18. The van der Waals surface area contributed by atoms with Crippen LogP contribution in [-0.4, -0.2) is 48.7 Å². The van der Waals surface area contributed by atoms with Gasteiger partial charge < -0.3 is 9.80 Å². The van der Waals surface area contributed by atoms with Crippen LogP contribution in [-0.2, 0) is 11.2 Å². The first-order valence-corrected chi connectivity index (χ1v) is 8.96. The molecule has 0 fully saturated rings. The fourth-order valence-corrected chi connectivity index (χ4v) is 3.43. The monoisotopic (exact) mass is 342 g/mol. The van der Waals surface area contributed by atoms with Gasteiger partial charge in [0.1, 0.15) is 0 Å². The molecule has 0 aromatic heterocycles. The van der Waals surface area contributed by atoms with Gasteiger partial charge in [-0.05, 0) is 31.4 Å². The fraction of sp³-hybridized carbons (Fsp3) is 0.588. The summed E-state index contributed by atoms with van der Waals surface area (Å²) in [6, 6.07) is 6.36. The summed E-state index contributed by atoms with van der Waals surface area (Å²) in [6.07, 6.45) is 2.61. The minimum absolute atomic E-state index is 0.193. The zero-order valence-electron chi connectivity index (χ0n) is 13.2. The number of hydrogen-bond donors (Lipinski definition) is 0. The lowest BCUT2D eigenvalue weighted by Gasteiger charge is -2.30. The smallest absolute Gasteiger partial charge is 0.228 e. The number of anilines is 1. The van der Waals surface area contributed by atoms with Gasteiger partial charge in [0.15, 0.2) is 0 Å². The Morgan fingerprint density at radius 2 is 1.95 bits per heavy atom. The molecule has 22 heavy (non-hydrogen) atoms. The maximum absolute atomic E-state index is 12.6. The van der Waals surface area contributed by atoms with Gasteiger partial charge in [-0.3, -0.25) is 4.79 Å². The van der Waals surface area contributed by atoms with Crippen LogP contribution in [0, 0.1) is 6.92 Å². The number of nitrogens with zero attached hydrogens (tertiary/aromatic N) is 2. The van der Waals surface area contributed by atoms with Crippen LogP contribution < -0.4 is 4.90 Å². The number of hydrogen-bond acceptors (Lipinski definition) is 2. The summed E-state index contributed by atoms with van der Waals surface area (Å²) in [4.78, 5) is 16.7. The van der Waals surface area contributed by atoms with Crippen LogP contribution in [0.4, 0.5) is 5.69 Å². The summed E-state index contributed by atoms with van der Waals surface area (Å²) >= 11 is 11.6. The van der Waals surface area contributed by atoms with E-state index in [9.17, 15) is 4.79 Å². The maximum Gasteiger partial charge on any atom is 0.228 e. The Kier molecular flexibility index (Phi) is 7.00. The number of alkyl halides is 2. The molecule has 0 saturated heterocycles. The zero-order chi connectivity index (χ0) is 15.9. The largest absolute Gasteiger partial charge is 0.312 e. The molecule has 0 spiro atoms. The van der Waals surface area contributed by atoms with Crippen LogP contribution >= 0.6 is 23.2 Å². The highest BCUT2D eigenvalue weighted by Crippen LogP contribution is 2.28. The van der Waals surface area contributed by atoms with E-state index in [0.717, 1.165) is 44.7 Å². The third-order valence-corrected chi connectivity index (χ3v) is 4.44. The topological polar surface area (TPSA) is 23.6 Å². The maximum atomic E-state index is 12.6. The van der Waals surface area contributed by atoms with Crippen molar-refractivity contribution in [2.45, 2.75) is 26.2 Å². The number of carbonyl (C=O) groups excluding carboxylic acids is 1. The zero-order valence-corrected chi connectivity index (χ0v) is 14.7. The first-order valence-electron chi connectivity index (χ1n) is 7.90. The van der Waals surface area contributed by atoms with Crippen LogP contribution in [0.5, 0.6) is 0 Å². The van der Waals surface area contributed by atoms with E-state index in [2.05, 4.69) is 30.0 Å². The Hall–Kier alpha value is -0.770. The molecule has 0 atom stereocenters. The van der Waals surface area contributed by atoms with Crippen molar-refractivity contribution < 1.29 is 4.79 Å². The summed E-state index contributed by atoms with van der Waals surface area (Å²) < 4.78 is 0. The second-order valence-electron chi connectivity index (χ2n) is 5.75. The number of rotatable bonds is 7. The van der Waals surface area contributed by atoms with Gasteiger partial charge >= 0.3 is 0 Å². The van der Waals surface area contributed by atoms with E-state index < -0.39 is 0 Å². The highest BCUT2D eigenvalue weighted by atomic mass is 35.5. The minimum Gasteiger partial charge on any atom is -0.312 e. The van der Waals surface area contributed by atoms with Crippen LogP contribution in [0.15, 0.2) is 18.2 Å². The molecule has 1 aromatic rings. The molecule has 0 aliphatic carbocycles. The van der Waals surface area contributed by atoms with Crippen molar-refractivity contribution >= 4 is 34.8 Å². The minimum atomic E-state index is 0.193. The lowest BCUT2D eigenvalue weighted by Crippen LogP contribution is -2.38. The van der Waals surface area contributed by atoms with E-state index in [4.69, 9.17) is 23.2 Å². The SMILES string of the molecule is Cc1ccc2c(c1)CCCN2C(=O)CCN(CCCl)CCCl. The first-order chi connectivity index (χ1) is 10.7. The molecule has 1 aliphatic rings. The van der Waals surface area contributed by atoms with Crippen molar-refractivity contribution in [2.24, 2.45) is 0 Å². The normalized spacial score (nSPS) is 14.3. The van der Waals surface area contributed by atoms with Crippen molar-refractivity contribution in [3.63, 3.8) is 0 Å². The molecule has 3 nitrogen and oxygen atoms in total. The van der Waals surface area contributed by atoms with E-state index in [0.29, 0.717) is 18.2 Å². The van der Waals surface area contributed by atoms with Crippen molar-refractivity contribution in [2.75, 3.05) is 42.8 Å². The Bertz CT molecular complexity index is 501. The van der Waals surface area contributed by atoms with E-state index in [1.54, 1.807) is 0 Å². The predicted octanol–water partition coefficient (Wildman–Crippen LogP) is 3.44. The van der Waals surface area contributed by atoms with Crippen LogP contribution in [0.1, 0.15) is 24.0 Å². The number of benzene rings is 1. The first kappa shape index (κ1) is 17.6. The average Bonchev–Trinajstić information content (AvgIpc) is 2.52. The fourth-order valence-electron chi connectivity index (χ4n) is 2.95. The molecule has 0 unspecified atom stereocenters. The van der Waals surface area contributed by atoms with Crippen LogP contribution in [0.3, 0.4) is 0 Å². The molecule has 0 radical (unpaired) electrons. The van der Waals surface area contributed by atoms with E-state index >= 15 is 0 Å². The quantitative estimate of drug-likeness (QED) is 0.708. The molecule has 1 aromatic carbocycles. The molecule has 0 saturated carbocycles. The second-order valence-corrected chi connectivity index (χ2v) is 6.51. The van der Waals surface area contributed by atoms with Crippen molar-refractivity contribution in [1.29, 1.82) is 0 Å². The van der Waals surface area contributed by atoms with Gasteiger partial charge in [-0.2, -0.15) is 0 Å². The van der Waals surface area contributed by atoms with Crippen LogP contribution in [0.2, 0.25) is 0 Å². The molecule has 0 bridgehead atoms. The summed E-state index contributed by atoms with van der Waals surface area (Å²) in [5.74, 6) is 1.33. The lowest BCUT2D eigenvalue weighted by molar-refractivity contribution is -0.119. The molecule has 122 valence electrons. The molecular weight excluding hydrogens is 319 g/mol. The van der Waals surface area contributed by atoms with E-state index in [1.165, 1.54) is 11.1 Å². The van der Waals surface area contributed by atoms with Gasteiger partial charge in [0, 0.05) is 50.0 Å². The van der Waals surface area contributed by atoms with Crippen LogP contribution in [0.25, 0.3) is 0 Å². The standard InChI is InChI=1S/C17H24Cl2N2O/c1-14-4-5-16-15(13-14)3-2-9-21(16)17(22)6-10-20(11-7-18)12-8-19/h4-5,13H,2-3,6-12H2,1H3. The molecular formula is C17H24Cl2N2O. The number of carbonyl (C=O) groups is 1.